The summed E-state index contributed by atoms with van der Waals surface area (Å²) in [7, 11) is 1.60. The number of nitrogens with zero attached hydrogens (tertiary/aromatic N) is 1. The van der Waals surface area contributed by atoms with Gasteiger partial charge in [-0.1, -0.05) is 41.0 Å². The highest BCUT2D eigenvalue weighted by Crippen LogP contribution is 2.33. The van der Waals surface area contributed by atoms with Crippen LogP contribution in [0, 0.1) is 5.41 Å². The monoisotopic (exact) mass is 387 g/mol. The van der Waals surface area contributed by atoms with E-state index in [1.807, 2.05) is 31.7 Å². The van der Waals surface area contributed by atoms with Gasteiger partial charge in [-0.2, -0.15) is 0 Å². The number of ketones is 1. The Bertz CT molecular complexity index is 829. The van der Waals surface area contributed by atoms with Gasteiger partial charge in [-0.25, -0.2) is 0 Å². The van der Waals surface area contributed by atoms with E-state index < -0.39 is 5.41 Å². The summed E-state index contributed by atoms with van der Waals surface area (Å²) in [5, 5.41) is 0.771. The van der Waals surface area contributed by atoms with Gasteiger partial charge >= 0.3 is 0 Å². The third-order valence-corrected chi connectivity index (χ3v) is 4.84. The Morgan fingerprint density at radius 1 is 1.11 bits per heavy atom. The van der Waals surface area contributed by atoms with Crippen LogP contribution < -0.4 is 4.74 Å². The quantitative estimate of drug-likeness (QED) is 0.551. The van der Waals surface area contributed by atoms with Crippen molar-refractivity contribution in [3.63, 3.8) is 0 Å². The number of hydrogen-bond acceptors (Lipinski definition) is 4. The minimum Gasteiger partial charge on any atom is -0.497 e. The molecule has 0 radical (unpaired) electrons. The minimum absolute atomic E-state index is 0.0313. The largest absolute Gasteiger partial charge is 0.497 e. The molecule has 5 nitrogen and oxygen atoms in total. The highest BCUT2D eigenvalue weighted by molar-refractivity contribution is 6.04. The molecule has 1 amide bonds. The molecule has 5 heteroatoms. The molecule has 28 heavy (non-hydrogen) atoms. The van der Waals surface area contributed by atoms with Gasteiger partial charge in [-0.05, 0) is 31.0 Å². The fourth-order valence-electron chi connectivity index (χ4n) is 3.20. The molecule has 0 N–H and O–H groups in total. The molecular weight excluding hydrogens is 354 g/mol. The smallest absolute Gasteiger partial charge is 0.227 e. The average molecular weight is 388 g/mol. The van der Waals surface area contributed by atoms with E-state index in [4.69, 9.17) is 9.15 Å². The number of methoxy groups -OCH3 is 1. The maximum Gasteiger partial charge on any atom is 0.227 e. The lowest BCUT2D eigenvalue weighted by atomic mass is 9.87. The molecule has 0 unspecified atom stereocenters. The number of Topliss-reactive ketones (excluding diaryl/α,β-unsaturated/α-hetero) is 1. The fourth-order valence-corrected chi connectivity index (χ4v) is 3.20. The average Bonchev–Trinajstić information content (AvgIpc) is 3.00. The SMILES string of the molecule is CCCCN(CCC)C(=O)Cc1c(C(=O)C(C)(C)C)oc2ccc(OC)cc12. The number of hydrogen-bond donors (Lipinski definition) is 0. The third kappa shape index (κ3) is 4.94. The molecule has 0 atom stereocenters. The summed E-state index contributed by atoms with van der Waals surface area (Å²) in [6, 6.07) is 5.44. The molecule has 0 spiro atoms. The molecule has 1 aromatic carbocycles. The normalized spacial score (nSPS) is 11.6. The van der Waals surface area contributed by atoms with Crippen LogP contribution in [0.4, 0.5) is 0 Å². The van der Waals surface area contributed by atoms with Crippen LogP contribution >= 0.6 is 0 Å². The van der Waals surface area contributed by atoms with Gasteiger partial charge in [-0.3, -0.25) is 9.59 Å². The fraction of sp³-hybridized carbons (Fsp3) is 0.565. The van der Waals surface area contributed by atoms with E-state index in [0.717, 1.165) is 37.7 Å². The van der Waals surface area contributed by atoms with Gasteiger partial charge in [0.15, 0.2) is 5.76 Å². The maximum atomic E-state index is 13.1. The predicted octanol–water partition coefficient (Wildman–Crippen LogP) is 5.25. The van der Waals surface area contributed by atoms with Crippen LogP contribution in [-0.4, -0.2) is 36.8 Å². The van der Waals surface area contributed by atoms with Crippen LogP contribution in [-0.2, 0) is 11.2 Å². The lowest BCUT2D eigenvalue weighted by Gasteiger charge is -2.22. The van der Waals surface area contributed by atoms with E-state index in [0.29, 0.717) is 16.9 Å². The van der Waals surface area contributed by atoms with E-state index >= 15 is 0 Å². The molecule has 0 aliphatic heterocycles. The first-order valence-corrected chi connectivity index (χ1v) is 10.1. The summed E-state index contributed by atoms with van der Waals surface area (Å²) in [6.45, 7) is 11.2. The second-order valence-electron chi connectivity index (χ2n) is 8.26. The first kappa shape index (κ1) is 22.0. The van der Waals surface area contributed by atoms with E-state index in [9.17, 15) is 9.59 Å². The molecule has 2 rings (SSSR count). The summed E-state index contributed by atoms with van der Waals surface area (Å²) in [5.74, 6) is 0.897. The minimum atomic E-state index is -0.596. The third-order valence-electron chi connectivity index (χ3n) is 4.84. The number of carbonyl (C=O) groups excluding carboxylic acids is 2. The van der Waals surface area contributed by atoms with E-state index in [2.05, 4.69) is 13.8 Å². The van der Waals surface area contributed by atoms with Crippen LogP contribution in [0.5, 0.6) is 5.75 Å². The van der Waals surface area contributed by atoms with Crippen molar-refractivity contribution in [2.45, 2.75) is 60.3 Å². The lowest BCUT2D eigenvalue weighted by molar-refractivity contribution is -0.130. The van der Waals surface area contributed by atoms with E-state index in [1.165, 1.54) is 0 Å². The van der Waals surface area contributed by atoms with Gasteiger partial charge in [0.2, 0.25) is 11.7 Å². The molecule has 154 valence electrons. The van der Waals surface area contributed by atoms with E-state index in [1.54, 1.807) is 19.2 Å². The molecule has 0 bridgehead atoms. The van der Waals surface area contributed by atoms with Gasteiger partial charge < -0.3 is 14.1 Å². The molecule has 0 saturated carbocycles. The number of furan rings is 1. The molecule has 1 aromatic heterocycles. The molecule has 1 heterocycles. The zero-order chi connectivity index (χ0) is 20.9. The Morgan fingerprint density at radius 3 is 2.39 bits per heavy atom. The maximum absolute atomic E-state index is 13.1. The second-order valence-corrected chi connectivity index (χ2v) is 8.26. The van der Waals surface area contributed by atoms with Gasteiger partial charge in [0.05, 0.1) is 13.5 Å². The first-order valence-electron chi connectivity index (χ1n) is 10.1. The van der Waals surface area contributed by atoms with Crippen molar-refractivity contribution in [3.05, 3.63) is 29.5 Å². The molecule has 0 fully saturated rings. The summed E-state index contributed by atoms with van der Waals surface area (Å²) in [4.78, 5) is 28.0. The molecule has 0 aliphatic rings. The summed E-state index contributed by atoms with van der Waals surface area (Å²) >= 11 is 0. The number of fused-ring (bicyclic) bond motifs is 1. The second kappa shape index (κ2) is 9.26. The number of unbranched alkanes of at least 4 members (excludes halogenated alkanes) is 1. The first-order chi connectivity index (χ1) is 13.2. The highest BCUT2D eigenvalue weighted by Gasteiger charge is 2.31. The summed E-state index contributed by atoms with van der Waals surface area (Å²) in [5.41, 5.74) is 0.671. The molecular formula is C23H33NO4. The van der Waals surface area contributed by atoms with Crippen molar-refractivity contribution in [2.75, 3.05) is 20.2 Å². The zero-order valence-corrected chi connectivity index (χ0v) is 18.1. The Hall–Kier alpha value is -2.30. The van der Waals surface area contributed by atoms with Crippen molar-refractivity contribution in [1.29, 1.82) is 0 Å². The Morgan fingerprint density at radius 2 is 1.82 bits per heavy atom. The van der Waals surface area contributed by atoms with Gasteiger partial charge in [-0.15, -0.1) is 0 Å². The zero-order valence-electron chi connectivity index (χ0n) is 18.1. The van der Waals surface area contributed by atoms with Crippen molar-refractivity contribution in [1.82, 2.24) is 4.90 Å². The molecule has 0 aliphatic carbocycles. The van der Waals surface area contributed by atoms with Crippen molar-refractivity contribution < 1.29 is 18.7 Å². The van der Waals surface area contributed by atoms with Gasteiger partial charge in [0, 0.05) is 29.5 Å². The van der Waals surface area contributed by atoms with Crippen molar-refractivity contribution >= 4 is 22.7 Å². The van der Waals surface area contributed by atoms with Crippen LogP contribution in [0.2, 0.25) is 0 Å². The number of amides is 1. The van der Waals surface area contributed by atoms with Crippen LogP contribution in [0.15, 0.2) is 22.6 Å². The number of ether oxygens (including phenoxy) is 1. The Kier molecular flexibility index (Phi) is 7.28. The predicted molar refractivity (Wildman–Crippen MR) is 112 cm³/mol. The van der Waals surface area contributed by atoms with Gasteiger partial charge in [0.25, 0.3) is 0 Å². The topological polar surface area (TPSA) is 59.8 Å². The van der Waals surface area contributed by atoms with Crippen LogP contribution in [0.1, 0.15) is 70.0 Å². The van der Waals surface area contributed by atoms with Crippen molar-refractivity contribution in [2.24, 2.45) is 5.41 Å². The van der Waals surface area contributed by atoms with Crippen LogP contribution in [0.25, 0.3) is 11.0 Å². The highest BCUT2D eigenvalue weighted by atomic mass is 16.5. The molecule has 2 aromatic rings. The summed E-state index contributed by atoms with van der Waals surface area (Å²) < 4.78 is 11.3. The van der Waals surface area contributed by atoms with Crippen LogP contribution in [0.3, 0.4) is 0 Å². The van der Waals surface area contributed by atoms with Gasteiger partial charge in [0.1, 0.15) is 11.3 Å². The summed E-state index contributed by atoms with van der Waals surface area (Å²) in [6.07, 6.45) is 3.07. The number of rotatable bonds is 9. The van der Waals surface area contributed by atoms with E-state index in [-0.39, 0.29) is 23.9 Å². The molecule has 0 saturated heterocycles. The Balaban J connectivity index is 2.49. The van der Waals surface area contributed by atoms with Crippen molar-refractivity contribution in [3.8, 4) is 5.75 Å². The Labute approximate surface area is 168 Å². The lowest BCUT2D eigenvalue weighted by Crippen LogP contribution is -2.34. The standard InChI is InChI=1S/C23H33NO4/c1-7-9-13-24(12-8-2)20(25)15-18-17-14-16(27-6)10-11-19(17)28-21(18)22(26)23(3,4)5/h10-11,14H,7-9,12-13,15H2,1-6H3. The number of benzene rings is 1. The number of carbonyl (C=O) groups is 2.